The summed E-state index contributed by atoms with van der Waals surface area (Å²) in [4.78, 5) is 0. The third kappa shape index (κ3) is 2.85. The molecule has 1 aliphatic rings. The minimum absolute atomic E-state index is 0. The van der Waals surface area contributed by atoms with E-state index in [2.05, 4.69) is 12.2 Å². The Morgan fingerprint density at radius 3 is 3.11 bits per heavy atom. The predicted octanol–water partition coefficient (Wildman–Crippen LogP) is 2.03. The van der Waals surface area contributed by atoms with Gasteiger partial charge in [0.25, 0.3) is 0 Å². The van der Waals surface area contributed by atoms with Crippen molar-refractivity contribution in [2.75, 3.05) is 13.1 Å². The largest absolute Gasteiger partial charge is 0.316 e. The monoisotopic (exact) mass is 129 g/mol. The fourth-order valence-corrected chi connectivity index (χ4v) is 1.37. The van der Waals surface area contributed by atoms with Crippen molar-refractivity contribution < 1.29 is 1.43 Å². The van der Waals surface area contributed by atoms with Crippen LogP contribution >= 0.6 is 0 Å². The van der Waals surface area contributed by atoms with Crippen LogP contribution in [0.5, 0.6) is 0 Å². The molecule has 9 heavy (non-hydrogen) atoms. The Labute approximate surface area is 59.3 Å². The number of rotatable bonds is 0. The van der Waals surface area contributed by atoms with Gasteiger partial charge in [0.15, 0.2) is 0 Å². The number of hydrogen-bond donors (Lipinski definition) is 1. The zero-order valence-corrected chi connectivity index (χ0v) is 6.32. The van der Waals surface area contributed by atoms with E-state index in [1.165, 1.54) is 38.8 Å². The van der Waals surface area contributed by atoms with Crippen LogP contribution in [0.15, 0.2) is 0 Å². The molecule has 1 saturated heterocycles. The van der Waals surface area contributed by atoms with Crippen molar-refractivity contribution in [2.45, 2.75) is 32.6 Å². The standard InChI is InChI=1S/C8H17N.H2/c1-8-5-3-2-4-6-9-7-8;/h8-9H,2-7H2,1H3;1H. The third-order valence-corrected chi connectivity index (χ3v) is 2.04. The molecule has 1 atom stereocenters. The van der Waals surface area contributed by atoms with Gasteiger partial charge < -0.3 is 5.32 Å². The molecule has 0 amide bonds. The molecular weight excluding hydrogens is 110 g/mol. The Balaban J connectivity index is 0.000000810. The molecule has 1 fully saturated rings. The first-order chi connectivity index (χ1) is 4.39. The van der Waals surface area contributed by atoms with Crippen molar-refractivity contribution in [1.82, 2.24) is 5.32 Å². The van der Waals surface area contributed by atoms with Gasteiger partial charge in [0.2, 0.25) is 0 Å². The maximum atomic E-state index is 3.44. The Morgan fingerprint density at radius 1 is 1.33 bits per heavy atom. The van der Waals surface area contributed by atoms with E-state index >= 15 is 0 Å². The highest BCUT2D eigenvalue weighted by Gasteiger charge is 2.03. The van der Waals surface area contributed by atoms with E-state index in [1.54, 1.807) is 0 Å². The van der Waals surface area contributed by atoms with E-state index in [1.807, 2.05) is 0 Å². The van der Waals surface area contributed by atoms with Crippen LogP contribution in [0.1, 0.15) is 34.0 Å². The normalized spacial score (nSPS) is 31.0. The Kier molecular flexibility index (Phi) is 3.05. The number of nitrogens with one attached hydrogen (secondary N) is 1. The molecule has 1 unspecified atom stereocenters. The summed E-state index contributed by atoms with van der Waals surface area (Å²) >= 11 is 0. The smallest absolute Gasteiger partial charge is 0 e. The van der Waals surface area contributed by atoms with E-state index in [0.29, 0.717) is 0 Å². The Bertz CT molecular complexity index is 67.7. The minimum atomic E-state index is 0. The van der Waals surface area contributed by atoms with Crippen LogP contribution in [0.25, 0.3) is 0 Å². The van der Waals surface area contributed by atoms with Gasteiger partial charge in [-0.05, 0) is 31.8 Å². The average molecular weight is 129 g/mol. The van der Waals surface area contributed by atoms with Crippen molar-refractivity contribution in [2.24, 2.45) is 5.92 Å². The van der Waals surface area contributed by atoms with Crippen LogP contribution in [0.4, 0.5) is 0 Å². The highest BCUT2D eigenvalue weighted by molar-refractivity contribution is 4.61. The van der Waals surface area contributed by atoms with Crippen LogP contribution in [-0.2, 0) is 0 Å². The summed E-state index contributed by atoms with van der Waals surface area (Å²) in [6.45, 7) is 4.81. The summed E-state index contributed by atoms with van der Waals surface area (Å²) in [5.74, 6) is 0.908. The lowest BCUT2D eigenvalue weighted by atomic mass is 10.0. The maximum absolute atomic E-state index is 3.44. The van der Waals surface area contributed by atoms with Gasteiger partial charge in [-0.1, -0.05) is 19.8 Å². The lowest BCUT2D eigenvalue weighted by molar-refractivity contribution is 0.420. The quantitative estimate of drug-likeness (QED) is 0.527. The van der Waals surface area contributed by atoms with Crippen LogP contribution in [0, 0.1) is 5.92 Å². The second-order valence-electron chi connectivity index (χ2n) is 3.16. The van der Waals surface area contributed by atoms with E-state index in [9.17, 15) is 0 Å². The molecule has 0 aromatic heterocycles. The zero-order chi connectivity index (χ0) is 6.53. The van der Waals surface area contributed by atoms with Gasteiger partial charge in [-0.2, -0.15) is 0 Å². The summed E-state index contributed by atoms with van der Waals surface area (Å²) in [5, 5.41) is 3.44. The molecule has 1 heteroatoms. The molecular formula is C8H19N. The average Bonchev–Trinajstić information content (AvgIpc) is 1.79. The van der Waals surface area contributed by atoms with Crippen LogP contribution in [0.3, 0.4) is 0 Å². The molecule has 0 bridgehead atoms. The molecule has 0 aliphatic carbocycles. The SMILES string of the molecule is CC1CCCCCNC1.[HH]. The number of hydrogen-bond acceptors (Lipinski definition) is 1. The van der Waals surface area contributed by atoms with Crippen molar-refractivity contribution in [3.63, 3.8) is 0 Å². The molecule has 0 aromatic rings. The fraction of sp³-hybridized carbons (Fsp3) is 1.00. The van der Waals surface area contributed by atoms with Crippen molar-refractivity contribution in [3.05, 3.63) is 0 Å². The molecule has 0 aromatic carbocycles. The highest BCUT2D eigenvalue weighted by Crippen LogP contribution is 2.10. The summed E-state index contributed by atoms with van der Waals surface area (Å²) in [7, 11) is 0. The molecule has 1 aliphatic heterocycles. The first kappa shape index (κ1) is 7.07. The van der Waals surface area contributed by atoms with Gasteiger partial charge in [-0.15, -0.1) is 0 Å². The first-order valence-electron chi connectivity index (χ1n) is 4.10. The van der Waals surface area contributed by atoms with Gasteiger partial charge in [0, 0.05) is 1.43 Å². The summed E-state index contributed by atoms with van der Waals surface area (Å²) in [5.41, 5.74) is 0. The fourth-order valence-electron chi connectivity index (χ4n) is 1.37. The zero-order valence-electron chi connectivity index (χ0n) is 6.32. The molecule has 56 valence electrons. The maximum Gasteiger partial charge on any atom is 0 e. The van der Waals surface area contributed by atoms with Gasteiger partial charge in [0.05, 0.1) is 0 Å². The van der Waals surface area contributed by atoms with Crippen molar-refractivity contribution >= 4 is 0 Å². The van der Waals surface area contributed by atoms with Crippen LogP contribution < -0.4 is 5.32 Å². The van der Waals surface area contributed by atoms with E-state index in [0.717, 1.165) is 5.92 Å². The van der Waals surface area contributed by atoms with Gasteiger partial charge >= 0.3 is 0 Å². The molecule has 0 radical (unpaired) electrons. The van der Waals surface area contributed by atoms with Crippen molar-refractivity contribution in [3.8, 4) is 0 Å². The Hall–Kier alpha value is -0.0400. The first-order valence-corrected chi connectivity index (χ1v) is 4.10. The lowest BCUT2D eigenvalue weighted by Crippen LogP contribution is -2.24. The summed E-state index contributed by atoms with van der Waals surface area (Å²) in [6.07, 6.45) is 5.68. The minimum Gasteiger partial charge on any atom is -0.316 e. The molecule has 1 rings (SSSR count). The predicted molar refractivity (Wildman–Crippen MR) is 42.6 cm³/mol. The van der Waals surface area contributed by atoms with E-state index < -0.39 is 0 Å². The topological polar surface area (TPSA) is 12.0 Å². The highest BCUT2D eigenvalue weighted by atomic mass is 14.9. The van der Waals surface area contributed by atoms with Crippen LogP contribution in [0.2, 0.25) is 0 Å². The summed E-state index contributed by atoms with van der Waals surface area (Å²) in [6, 6.07) is 0. The van der Waals surface area contributed by atoms with Gasteiger partial charge in [-0.25, -0.2) is 0 Å². The van der Waals surface area contributed by atoms with Gasteiger partial charge in [-0.3, -0.25) is 0 Å². The summed E-state index contributed by atoms with van der Waals surface area (Å²) < 4.78 is 0. The Morgan fingerprint density at radius 2 is 2.22 bits per heavy atom. The van der Waals surface area contributed by atoms with Crippen molar-refractivity contribution in [1.29, 1.82) is 0 Å². The van der Waals surface area contributed by atoms with Crippen LogP contribution in [-0.4, -0.2) is 13.1 Å². The second-order valence-corrected chi connectivity index (χ2v) is 3.16. The van der Waals surface area contributed by atoms with E-state index in [-0.39, 0.29) is 1.43 Å². The molecule has 1 N–H and O–H groups in total. The second kappa shape index (κ2) is 3.89. The van der Waals surface area contributed by atoms with E-state index in [4.69, 9.17) is 0 Å². The lowest BCUT2D eigenvalue weighted by Gasteiger charge is -2.15. The van der Waals surface area contributed by atoms with Gasteiger partial charge in [0.1, 0.15) is 0 Å². The molecule has 1 heterocycles. The third-order valence-electron chi connectivity index (χ3n) is 2.04. The molecule has 0 saturated carbocycles. The molecule has 0 spiro atoms. The molecule has 1 nitrogen and oxygen atoms in total.